The van der Waals surface area contributed by atoms with Crippen LogP contribution in [0.5, 0.6) is 11.5 Å². The van der Waals surface area contributed by atoms with Crippen LogP contribution in [0, 0.1) is 12.8 Å². The van der Waals surface area contributed by atoms with Crippen molar-refractivity contribution >= 4 is 16.8 Å². The standard InChI is InChI=1S/C24H26N4O5/c1-14-25-18-9-21(33-3)20(32-2)8-17(18)24(31)27(14)13-23(30)26-10-15-7-16(12-26)19-5-4-6-22(29)28(19)11-15/h4-6,8-9,15-16H,7,10-13H2,1-3H3. The number of rotatable bonds is 4. The topological polar surface area (TPSA) is 95.7 Å². The molecule has 2 aliphatic rings. The van der Waals surface area contributed by atoms with E-state index >= 15 is 0 Å². The highest BCUT2D eigenvalue weighted by Crippen LogP contribution is 2.35. The van der Waals surface area contributed by atoms with Crippen LogP contribution in [0.15, 0.2) is 39.9 Å². The van der Waals surface area contributed by atoms with Crippen LogP contribution in [0.1, 0.15) is 23.9 Å². The second-order valence-electron chi connectivity index (χ2n) is 8.77. The van der Waals surface area contributed by atoms with E-state index < -0.39 is 0 Å². The van der Waals surface area contributed by atoms with Gasteiger partial charge < -0.3 is 18.9 Å². The first kappa shape index (κ1) is 21.2. The molecule has 2 unspecified atom stereocenters. The predicted octanol–water partition coefficient (Wildman–Crippen LogP) is 1.53. The van der Waals surface area contributed by atoms with E-state index in [1.54, 1.807) is 31.2 Å². The summed E-state index contributed by atoms with van der Waals surface area (Å²) in [5.41, 5.74) is 1.20. The fourth-order valence-electron chi connectivity index (χ4n) is 5.18. The van der Waals surface area contributed by atoms with Crippen molar-refractivity contribution in [3.05, 3.63) is 62.6 Å². The molecule has 5 rings (SSSR count). The van der Waals surface area contributed by atoms with Crippen LogP contribution in [0.4, 0.5) is 0 Å². The Kier molecular flexibility index (Phi) is 5.19. The number of aryl methyl sites for hydroxylation is 1. The van der Waals surface area contributed by atoms with Crippen molar-refractivity contribution in [3.8, 4) is 11.5 Å². The number of methoxy groups -OCH3 is 2. The molecule has 1 fully saturated rings. The fourth-order valence-corrected chi connectivity index (χ4v) is 5.18. The van der Waals surface area contributed by atoms with Crippen LogP contribution in [-0.4, -0.2) is 52.2 Å². The number of piperidine rings is 1. The van der Waals surface area contributed by atoms with Crippen molar-refractivity contribution in [3.63, 3.8) is 0 Å². The highest BCUT2D eigenvalue weighted by Gasteiger charge is 2.36. The maximum atomic E-state index is 13.3. The summed E-state index contributed by atoms with van der Waals surface area (Å²) in [5, 5.41) is 0.370. The van der Waals surface area contributed by atoms with Crippen LogP contribution in [0.2, 0.25) is 0 Å². The minimum atomic E-state index is -0.291. The molecule has 0 N–H and O–H groups in total. The van der Waals surface area contributed by atoms with Crippen LogP contribution in [-0.2, 0) is 17.9 Å². The number of ether oxygens (including phenoxy) is 2. The van der Waals surface area contributed by atoms with Crippen molar-refractivity contribution in [1.82, 2.24) is 19.0 Å². The maximum absolute atomic E-state index is 13.3. The number of carbonyl (C=O) groups is 1. The molecular weight excluding hydrogens is 424 g/mol. The summed E-state index contributed by atoms with van der Waals surface area (Å²) in [6, 6.07) is 8.60. The van der Waals surface area contributed by atoms with Gasteiger partial charge in [-0.1, -0.05) is 6.07 Å². The monoisotopic (exact) mass is 450 g/mol. The van der Waals surface area contributed by atoms with Crippen molar-refractivity contribution in [2.45, 2.75) is 32.4 Å². The SMILES string of the molecule is COc1cc2nc(C)n(CC(=O)N3CC4CC(C3)c3cccc(=O)n3C4)c(=O)c2cc1OC. The summed E-state index contributed by atoms with van der Waals surface area (Å²) < 4.78 is 13.9. The number of fused-ring (bicyclic) bond motifs is 5. The van der Waals surface area contributed by atoms with Gasteiger partial charge in [-0.2, -0.15) is 0 Å². The first-order valence-electron chi connectivity index (χ1n) is 11.0. The van der Waals surface area contributed by atoms with Gasteiger partial charge in [0, 0.05) is 43.4 Å². The molecule has 2 bridgehead atoms. The number of benzene rings is 1. The fraction of sp³-hybridized carbons (Fsp3) is 0.417. The second-order valence-corrected chi connectivity index (χ2v) is 8.77. The van der Waals surface area contributed by atoms with E-state index in [0.717, 1.165) is 12.1 Å². The van der Waals surface area contributed by atoms with Crippen molar-refractivity contribution < 1.29 is 14.3 Å². The second kappa shape index (κ2) is 8.06. The van der Waals surface area contributed by atoms with Gasteiger partial charge in [0.15, 0.2) is 11.5 Å². The number of pyridine rings is 1. The third kappa shape index (κ3) is 3.57. The number of amides is 1. The van der Waals surface area contributed by atoms with E-state index in [1.807, 2.05) is 15.5 Å². The molecule has 1 saturated heterocycles. The molecular formula is C24H26N4O5. The van der Waals surface area contributed by atoms with Crippen molar-refractivity contribution in [2.24, 2.45) is 5.92 Å². The molecule has 4 heterocycles. The Morgan fingerprint density at radius 2 is 1.85 bits per heavy atom. The number of likely N-dealkylation sites (tertiary alicyclic amines) is 1. The van der Waals surface area contributed by atoms with Crippen molar-refractivity contribution in [1.29, 1.82) is 0 Å². The lowest BCUT2D eigenvalue weighted by molar-refractivity contribution is -0.134. The zero-order valence-corrected chi connectivity index (χ0v) is 18.9. The molecule has 0 saturated carbocycles. The summed E-state index contributed by atoms with van der Waals surface area (Å²) in [6.07, 6.45) is 0.964. The van der Waals surface area contributed by atoms with Crippen LogP contribution in [0.25, 0.3) is 10.9 Å². The molecule has 3 aromatic rings. The number of hydrogen-bond donors (Lipinski definition) is 0. The Labute approximate surface area is 190 Å². The van der Waals surface area contributed by atoms with Gasteiger partial charge in [0.2, 0.25) is 5.91 Å². The van der Waals surface area contributed by atoms with Gasteiger partial charge in [-0.3, -0.25) is 19.0 Å². The highest BCUT2D eigenvalue weighted by atomic mass is 16.5. The Morgan fingerprint density at radius 1 is 1.09 bits per heavy atom. The van der Waals surface area contributed by atoms with Gasteiger partial charge in [0.05, 0.1) is 25.1 Å². The Balaban J connectivity index is 1.44. The average Bonchev–Trinajstić information content (AvgIpc) is 2.81. The molecule has 2 aromatic heterocycles. The normalized spacial score (nSPS) is 19.3. The molecule has 33 heavy (non-hydrogen) atoms. The van der Waals surface area contributed by atoms with E-state index in [9.17, 15) is 14.4 Å². The third-order valence-electron chi connectivity index (χ3n) is 6.78. The average molecular weight is 450 g/mol. The van der Waals surface area contributed by atoms with Gasteiger partial charge in [0.1, 0.15) is 12.4 Å². The van der Waals surface area contributed by atoms with Gasteiger partial charge in [-0.15, -0.1) is 0 Å². The predicted molar refractivity (Wildman–Crippen MR) is 122 cm³/mol. The largest absolute Gasteiger partial charge is 0.493 e. The molecule has 9 heteroatoms. The summed E-state index contributed by atoms with van der Waals surface area (Å²) in [7, 11) is 3.03. The molecule has 2 aliphatic heterocycles. The number of carbonyl (C=O) groups excluding carboxylic acids is 1. The molecule has 0 aliphatic carbocycles. The van der Waals surface area contributed by atoms with E-state index in [0.29, 0.717) is 47.9 Å². The smallest absolute Gasteiger partial charge is 0.262 e. The number of aromatic nitrogens is 3. The number of nitrogens with zero attached hydrogens (tertiary/aromatic N) is 4. The van der Waals surface area contributed by atoms with Gasteiger partial charge >= 0.3 is 0 Å². The van der Waals surface area contributed by atoms with E-state index in [4.69, 9.17) is 9.47 Å². The van der Waals surface area contributed by atoms with Crippen LogP contribution in [0.3, 0.4) is 0 Å². The van der Waals surface area contributed by atoms with Gasteiger partial charge in [0.25, 0.3) is 11.1 Å². The van der Waals surface area contributed by atoms with Crippen LogP contribution < -0.4 is 20.6 Å². The molecule has 172 valence electrons. The minimum Gasteiger partial charge on any atom is -0.493 e. The Morgan fingerprint density at radius 3 is 2.61 bits per heavy atom. The molecule has 9 nitrogen and oxygen atoms in total. The highest BCUT2D eigenvalue weighted by molar-refractivity contribution is 5.82. The van der Waals surface area contributed by atoms with E-state index in [-0.39, 0.29) is 35.4 Å². The molecule has 0 radical (unpaired) electrons. The van der Waals surface area contributed by atoms with Crippen LogP contribution >= 0.6 is 0 Å². The molecule has 2 atom stereocenters. The minimum absolute atomic E-state index is 0.0125. The Hall–Kier alpha value is -3.62. The number of hydrogen-bond acceptors (Lipinski definition) is 6. The quantitative estimate of drug-likeness (QED) is 0.598. The zero-order chi connectivity index (χ0) is 23.3. The zero-order valence-electron chi connectivity index (χ0n) is 18.9. The van der Waals surface area contributed by atoms with Crippen molar-refractivity contribution in [2.75, 3.05) is 27.3 Å². The van der Waals surface area contributed by atoms with Gasteiger partial charge in [-0.25, -0.2) is 4.98 Å². The molecule has 1 aromatic carbocycles. The first-order chi connectivity index (χ1) is 15.9. The Bertz CT molecular complexity index is 1380. The van der Waals surface area contributed by atoms with Gasteiger partial charge in [-0.05, 0) is 31.4 Å². The lowest BCUT2D eigenvalue weighted by Gasteiger charge is -2.42. The molecule has 0 spiro atoms. The summed E-state index contributed by atoms with van der Waals surface area (Å²) in [5.74, 6) is 1.61. The summed E-state index contributed by atoms with van der Waals surface area (Å²) in [4.78, 5) is 45.1. The molecule has 1 amide bonds. The van der Waals surface area contributed by atoms with E-state index in [2.05, 4.69) is 4.98 Å². The lowest BCUT2D eigenvalue weighted by Crippen LogP contribution is -2.50. The maximum Gasteiger partial charge on any atom is 0.262 e. The summed E-state index contributed by atoms with van der Waals surface area (Å²) >= 11 is 0. The lowest BCUT2D eigenvalue weighted by atomic mass is 9.83. The third-order valence-corrected chi connectivity index (χ3v) is 6.78. The summed E-state index contributed by atoms with van der Waals surface area (Å²) in [6.45, 7) is 3.38. The first-order valence-corrected chi connectivity index (χ1v) is 11.0. The van der Waals surface area contributed by atoms with E-state index in [1.165, 1.54) is 18.8 Å².